The van der Waals surface area contributed by atoms with E-state index in [4.69, 9.17) is 0 Å². The zero-order valence-corrected chi connectivity index (χ0v) is 9.58. The first-order chi connectivity index (χ1) is 7.03. The number of carbonyl (C=O) groups is 1. The van der Waals surface area contributed by atoms with Crippen LogP contribution >= 0.6 is 0 Å². The highest BCUT2D eigenvalue weighted by Crippen LogP contribution is 2.21. The van der Waals surface area contributed by atoms with E-state index in [1.165, 1.54) is 0 Å². The number of aliphatic hydroxyl groups is 1. The molecule has 0 unspecified atom stereocenters. The lowest BCUT2D eigenvalue weighted by Gasteiger charge is -2.23. The molecule has 2 heteroatoms. The molecule has 1 aromatic carbocycles. The molecule has 0 bridgehead atoms. The fourth-order valence-corrected chi connectivity index (χ4v) is 1.54. The molecule has 0 amide bonds. The molecule has 15 heavy (non-hydrogen) atoms. The van der Waals surface area contributed by atoms with Gasteiger partial charge < -0.3 is 5.11 Å². The van der Waals surface area contributed by atoms with Gasteiger partial charge in [0.2, 0.25) is 0 Å². The van der Waals surface area contributed by atoms with Crippen molar-refractivity contribution in [2.24, 2.45) is 0 Å². The van der Waals surface area contributed by atoms with Crippen molar-refractivity contribution in [3.8, 4) is 0 Å². The highest BCUT2D eigenvalue weighted by molar-refractivity contribution is 6.02. The molecule has 1 rings (SSSR count). The van der Waals surface area contributed by atoms with Crippen molar-refractivity contribution in [2.75, 3.05) is 0 Å². The minimum atomic E-state index is -1.20. The van der Waals surface area contributed by atoms with Crippen LogP contribution in [-0.4, -0.2) is 16.5 Å². The van der Waals surface area contributed by atoms with E-state index in [1.54, 1.807) is 12.1 Å². The maximum Gasteiger partial charge on any atom is 0.194 e. The largest absolute Gasteiger partial charge is 0.382 e. The lowest BCUT2D eigenvalue weighted by Crippen LogP contribution is -2.37. The quantitative estimate of drug-likeness (QED) is 0.769. The molecular formula is C13H18O2. The standard InChI is InChI=1S/C13H18O2/c1-4-13(15,5-2)12(14)11-8-6-10(3)7-9-11/h6-9,15H,4-5H2,1-3H3. The molecule has 1 aromatic rings. The van der Waals surface area contributed by atoms with Gasteiger partial charge in [-0.15, -0.1) is 0 Å². The Morgan fingerprint density at radius 2 is 1.67 bits per heavy atom. The van der Waals surface area contributed by atoms with Gasteiger partial charge in [0.1, 0.15) is 5.60 Å². The Hall–Kier alpha value is -1.15. The molecule has 0 radical (unpaired) electrons. The van der Waals surface area contributed by atoms with Gasteiger partial charge in [-0.2, -0.15) is 0 Å². The molecule has 82 valence electrons. The van der Waals surface area contributed by atoms with E-state index in [0.29, 0.717) is 18.4 Å². The summed E-state index contributed by atoms with van der Waals surface area (Å²) in [4.78, 5) is 12.0. The average molecular weight is 206 g/mol. The van der Waals surface area contributed by atoms with Gasteiger partial charge in [0.05, 0.1) is 0 Å². The highest BCUT2D eigenvalue weighted by atomic mass is 16.3. The van der Waals surface area contributed by atoms with Crippen LogP contribution in [0.5, 0.6) is 0 Å². The number of hydrogen-bond donors (Lipinski definition) is 1. The van der Waals surface area contributed by atoms with Crippen LogP contribution in [0.2, 0.25) is 0 Å². The van der Waals surface area contributed by atoms with Crippen LogP contribution < -0.4 is 0 Å². The van der Waals surface area contributed by atoms with Crippen molar-refractivity contribution in [3.05, 3.63) is 35.4 Å². The van der Waals surface area contributed by atoms with Gasteiger partial charge in [0.25, 0.3) is 0 Å². The van der Waals surface area contributed by atoms with Crippen molar-refractivity contribution in [1.29, 1.82) is 0 Å². The Balaban J connectivity index is 2.98. The van der Waals surface area contributed by atoms with Crippen LogP contribution in [0.1, 0.15) is 42.6 Å². The van der Waals surface area contributed by atoms with Crippen LogP contribution in [0.15, 0.2) is 24.3 Å². The molecule has 0 aliphatic heterocycles. The van der Waals surface area contributed by atoms with E-state index in [0.717, 1.165) is 5.56 Å². The van der Waals surface area contributed by atoms with Crippen molar-refractivity contribution in [3.63, 3.8) is 0 Å². The zero-order chi connectivity index (χ0) is 11.5. The molecule has 0 heterocycles. The van der Waals surface area contributed by atoms with Crippen molar-refractivity contribution in [2.45, 2.75) is 39.2 Å². The molecule has 0 fully saturated rings. The summed E-state index contributed by atoms with van der Waals surface area (Å²) in [6, 6.07) is 7.32. The minimum absolute atomic E-state index is 0.174. The van der Waals surface area contributed by atoms with E-state index in [9.17, 15) is 9.90 Å². The third kappa shape index (κ3) is 2.45. The summed E-state index contributed by atoms with van der Waals surface area (Å²) in [6.45, 7) is 5.63. The molecule has 2 nitrogen and oxygen atoms in total. The second kappa shape index (κ2) is 4.58. The first kappa shape index (κ1) is 11.9. The Morgan fingerprint density at radius 1 is 1.20 bits per heavy atom. The van der Waals surface area contributed by atoms with E-state index >= 15 is 0 Å². The molecule has 0 spiro atoms. The van der Waals surface area contributed by atoms with E-state index in [1.807, 2.05) is 32.9 Å². The smallest absolute Gasteiger partial charge is 0.194 e. The number of Topliss-reactive ketones (excluding diaryl/α,β-unsaturated/α-hetero) is 1. The normalized spacial score (nSPS) is 11.5. The van der Waals surface area contributed by atoms with Gasteiger partial charge in [-0.25, -0.2) is 0 Å². The number of benzene rings is 1. The Kier molecular flexibility index (Phi) is 3.64. The third-order valence-corrected chi connectivity index (χ3v) is 2.91. The van der Waals surface area contributed by atoms with Gasteiger partial charge in [-0.05, 0) is 19.8 Å². The Labute approximate surface area is 90.9 Å². The maximum atomic E-state index is 12.0. The van der Waals surface area contributed by atoms with Crippen molar-refractivity contribution < 1.29 is 9.90 Å². The van der Waals surface area contributed by atoms with E-state index in [2.05, 4.69) is 0 Å². The average Bonchev–Trinajstić information content (AvgIpc) is 2.28. The van der Waals surface area contributed by atoms with Gasteiger partial charge >= 0.3 is 0 Å². The number of aryl methyl sites for hydroxylation is 1. The summed E-state index contributed by atoms with van der Waals surface area (Å²) >= 11 is 0. The summed E-state index contributed by atoms with van der Waals surface area (Å²) in [6.07, 6.45) is 0.909. The van der Waals surface area contributed by atoms with Crippen LogP contribution in [0.25, 0.3) is 0 Å². The summed E-state index contributed by atoms with van der Waals surface area (Å²) in [7, 11) is 0. The van der Waals surface area contributed by atoms with Gasteiger partial charge in [0.15, 0.2) is 5.78 Å². The summed E-state index contributed by atoms with van der Waals surface area (Å²) in [5.41, 5.74) is 0.504. The topological polar surface area (TPSA) is 37.3 Å². The highest BCUT2D eigenvalue weighted by Gasteiger charge is 2.32. The lowest BCUT2D eigenvalue weighted by atomic mass is 9.88. The molecule has 0 aliphatic rings. The van der Waals surface area contributed by atoms with Crippen molar-refractivity contribution >= 4 is 5.78 Å². The third-order valence-electron chi connectivity index (χ3n) is 2.91. The lowest BCUT2D eigenvalue weighted by molar-refractivity contribution is 0.0277. The van der Waals surface area contributed by atoms with E-state index < -0.39 is 5.60 Å². The number of rotatable bonds is 4. The molecule has 0 saturated heterocycles. The van der Waals surface area contributed by atoms with Gasteiger partial charge in [-0.3, -0.25) is 4.79 Å². The van der Waals surface area contributed by atoms with Crippen LogP contribution in [0.3, 0.4) is 0 Å². The second-order valence-electron chi connectivity index (χ2n) is 3.93. The summed E-state index contributed by atoms with van der Waals surface area (Å²) in [5, 5.41) is 10.1. The number of hydrogen-bond acceptors (Lipinski definition) is 2. The van der Waals surface area contributed by atoms with Crippen LogP contribution in [0.4, 0.5) is 0 Å². The number of carbonyl (C=O) groups excluding carboxylic acids is 1. The first-order valence-corrected chi connectivity index (χ1v) is 5.37. The zero-order valence-electron chi connectivity index (χ0n) is 9.58. The Bertz CT molecular complexity index is 334. The maximum absolute atomic E-state index is 12.0. The molecule has 1 N–H and O–H groups in total. The molecule has 0 aromatic heterocycles. The molecule has 0 atom stereocenters. The number of ketones is 1. The second-order valence-corrected chi connectivity index (χ2v) is 3.93. The predicted molar refractivity (Wildman–Crippen MR) is 61.0 cm³/mol. The fraction of sp³-hybridized carbons (Fsp3) is 0.462. The minimum Gasteiger partial charge on any atom is -0.382 e. The predicted octanol–water partition coefficient (Wildman–Crippen LogP) is 2.73. The van der Waals surface area contributed by atoms with Crippen LogP contribution in [0, 0.1) is 6.92 Å². The molecular weight excluding hydrogens is 188 g/mol. The SMILES string of the molecule is CCC(O)(CC)C(=O)c1ccc(C)cc1. The van der Waals surface area contributed by atoms with Gasteiger partial charge in [-0.1, -0.05) is 43.7 Å². The van der Waals surface area contributed by atoms with E-state index in [-0.39, 0.29) is 5.78 Å². The summed E-state index contributed by atoms with van der Waals surface area (Å²) in [5.74, 6) is -0.174. The Morgan fingerprint density at radius 3 is 2.07 bits per heavy atom. The van der Waals surface area contributed by atoms with Crippen LogP contribution in [-0.2, 0) is 0 Å². The van der Waals surface area contributed by atoms with Crippen molar-refractivity contribution in [1.82, 2.24) is 0 Å². The monoisotopic (exact) mass is 206 g/mol. The first-order valence-electron chi connectivity index (χ1n) is 5.37. The summed E-state index contributed by atoms with van der Waals surface area (Å²) < 4.78 is 0. The fourth-order valence-electron chi connectivity index (χ4n) is 1.54. The van der Waals surface area contributed by atoms with Gasteiger partial charge in [0, 0.05) is 5.56 Å². The molecule has 0 aliphatic carbocycles. The molecule has 0 saturated carbocycles.